The molecule has 3 rings (SSSR count). The van der Waals surface area contributed by atoms with Crippen molar-refractivity contribution in [3.8, 4) is 0 Å². The fourth-order valence-corrected chi connectivity index (χ4v) is 4.85. The van der Waals surface area contributed by atoms with Crippen molar-refractivity contribution in [3.63, 3.8) is 0 Å². The van der Waals surface area contributed by atoms with E-state index in [9.17, 15) is 9.59 Å². The maximum Gasteiger partial charge on any atom is 0.406 e. The highest BCUT2D eigenvalue weighted by atomic mass is 35.5. The minimum absolute atomic E-state index is 0.0381. The zero-order valence-electron chi connectivity index (χ0n) is 21.7. The Balaban J connectivity index is 1.48. The molecule has 10 heteroatoms. The summed E-state index contributed by atoms with van der Waals surface area (Å²) in [6.45, 7) is 2.61. The monoisotopic (exact) mass is 524 g/mol. The van der Waals surface area contributed by atoms with E-state index in [4.69, 9.17) is 21.1 Å². The summed E-state index contributed by atoms with van der Waals surface area (Å²) in [6.07, 6.45) is 5.40. The van der Waals surface area contributed by atoms with Crippen LogP contribution in [-0.2, 0) is 14.2 Å². The van der Waals surface area contributed by atoms with Crippen LogP contribution in [0.5, 0.6) is 0 Å². The molecule has 1 spiro atoms. The van der Waals surface area contributed by atoms with E-state index in [-0.39, 0.29) is 23.8 Å². The van der Waals surface area contributed by atoms with Crippen LogP contribution in [0.2, 0.25) is 5.02 Å². The first-order valence-corrected chi connectivity index (χ1v) is 13.2. The number of halogens is 1. The molecule has 0 radical (unpaired) electrons. The van der Waals surface area contributed by atoms with Gasteiger partial charge in [0, 0.05) is 37.7 Å². The van der Waals surface area contributed by atoms with E-state index in [2.05, 4.69) is 20.7 Å². The summed E-state index contributed by atoms with van der Waals surface area (Å²) in [6, 6.07) is 7.43. The molecule has 3 atom stereocenters. The first-order chi connectivity index (χ1) is 17.3. The molecule has 1 aliphatic heterocycles. The number of rotatable bonds is 13. The molecule has 0 unspecified atom stereocenters. The van der Waals surface area contributed by atoms with Crippen LogP contribution < -0.4 is 16.0 Å². The number of ether oxygens (including phenoxy) is 3. The van der Waals surface area contributed by atoms with Crippen molar-refractivity contribution in [2.24, 2.45) is 5.92 Å². The smallest absolute Gasteiger partial charge is 0.406 e. The summed E-state index contributed by atoms with van der Waals surface area (Å²) < 4.78 is 16.7. The van der Waals surface area contributed by atoms with Gasteiger partial charge in [0.15, 0.2) is 0 Å². The molecule has 0 aromatic heterocycles. The quantitative estimate of drug-likeness (QED) is 0.340. The number of nitrogens with one attached hydrogen (secondary N) is 3. The van der Waals surface area contributed by atoms with Gasteiger partial charge in [0.05, 0.1) is 32.0 Å². The lowest BCUT2D eigenvalue weighted by Crippen LogP contribution is -2.48. The zero-order valence-corrected chi connectivity index (χ0v) is 22.4. The molecule has 1 heterocycles. The van der Waals surface area contributed by atoms with E-state index in [1.807, 2.05) is 31.3 Å². The molecule has 3 N–H and O–H groups in total. The Morgan fingerprint density at radius 3 is 2.75 bits per heavy atom. The van der Waals surface area contributed by atoms with Gasteiger partial charge in [-0.05, 0) is 69.2 Å². The Kier molecular flexibility index (Phi) is 11.1. The number of alkyl carbamates (subject to hydrolysis) is 1. The molecule has 1 aromatic rings. The van der Waals surface area contributed by atoms with Gasteiger partial charge in [0.25, 0.3) is 0 Å². The van der Waals surface area contributed by atoms with Crippen LogP contribution in [0.3, 0.4) is 0 Å². The van der Waals surface area contributed by atoms with Gasteiger partial charge in [0.2, 0.25) is 0 Å². The summed E-state index contributed by atoms with van der Waals surface area (Å²) in [5.74, 6) is 0.472. The minimum Gasteiger partial charge on any atom is -0.453 e. The second kappa shape index (κ2) is 14.0. The second-order valence-electron chi connectivity index (χ2n) is 9.88. The van der Waals surface area contributed by atoms with Gasteiger partial charge < -0.3 is 35.1 Å². The number of carbonyl (C=O) groups excluding carboxylic acids is 2. The number of hydrogen-bond acceptors (Lipinski definition) is 6. The lowest BCUT2D eigenvalue weighted by atomic mass is 9.91. The average Bonchev–Trinajstić information content (AvgIpc) is 3.63. The third-order valence-corrected chi connectivity index (χ3v) is 7.24. The zero-order chi connectivity index (χ0) is 26.0. The molecular weight excluding hydrogens is 484 g/mol. The van der Waals surface area contributed by atoms with Crippen molar-refractivity contribution in [1.29, 1.82) is 0 Å². The number of carbonyl (C=O) groups is 2. The summed E-state index contributed by atoms with van der Waals surface area (Å²) in [5, 5.41) is 9.62. The first kappa shape index (κ1) is 28.5. The molecule has 1 saturated heterocycles. The fraction of sp³-hybridized carbons (Fsp3) is 0.692. The molecule has 9 nitrogen and oxygen atoms in total. The first-order valence-electron chi connectivity index (χ1n) is 12.8. The van der Waals surface area contributed by atoms with E-state index >= 15 is 0 Å². The third-order valence-electron chi connectivity index (χ3n) is 7.01. The predicted molar refractivity (Wildman–Crippen MR) is 139 cm³/mol. The highest BCUT2D eigenvalue weighted by molar-refractivity contribution is 6.30. The minimum atomic E-state index is -0.503. The van der Waals surface area contributed by atoms with Gasteiger partial charge in [-0.2, -0.15) is 0 Å². The lowest BCUT2D eigenvalue weighted by molar-refractivity contribution is -0.0378. The SMILES string of the molecule is CNC[C@@H](C[C@H]1CCC2(CC2)OC1)NC(=O)N(C)CC[C@@H](OCCNC(=O)OC)c1cccc(Cl)c1. The van der Waals surface area contributed by atoms with Crippen LogP contribution in [0.4, 0.5) is 9.59 Å². The van der Waals surface area contributed by atoms with Gasteiger partial charge in [0.1, 0.15) is 0 Å². The van der Waals surface area contributed by atoms with Gasteiger partial charge in [-0.15, -0.1) is 0 Å². The Hall–Kier alpha value is -2.07. The van der Waals surface area contributed by atoms with Crippen LogP contribution >= 0.6 is 11.6 Å². The normalized spacial score (nSPS) is 19.8. The number of methoxy groups -OCH3 is 1. The summed E-state index contributed by atoms with van der Waals surface area (Å²) in [4.78, 5) is 26.0. The molecule has 1 aromatic carbocycles. The fourth-order valence-electron chi connectivity index (χ4n) is 4.66. The summed E-state index contributed by atoms with van der Waals surface area (Å²) in [7, 11) is 5.01. The molecule has 1 aliphatic carbocycles. The van der Waals surface area contributed by atoms with Gasteiger partial charge >= 0.3 is 12.1 Å². The van der Waals surface area contributed by atoms with E-state index in [1.54, 1.807) is 11.9 Å². The molecule has 36 heavy (non-hydrogen) atoms. The maximum absolute atomic E-state index is 13.0. The topological polar surface area (TPSA) is 101 Å². The number of hydrogen-bond donors (Lipinski definition) is 3. The van der Waals surface area contributed by atoms with E-state index in [0.29, 0.717) is 43.6 Å². The summed E-state index contributed by atoms with van der Waals surface area (Å²) in [5.41, 5.74) is 1.11. The maximum atomic E-state index is 13.0. The molecular formula is C26H41ClN4O5. The van der Waals surface area contributed by atoms with Crippen molar-refractivity contribution in [2.75, 3.05) is 54.1 Å². The molecule has 0 bridgehead atoms. The standard InChI is InChI=1S/C26H41ClN4O5/c1-28-17-22(15-19-7-9-26(10-11-26)36-18-19)30-24(32)31(2)13-8-23(20-5-4-6-21(27)16-20)35-14-12-29-25(33)34-3/h4-6,16,19,22-23,28H,7-15,17-18H2,1-3H3,(H,29,33)(H,30,32)/t19-,22-,23-/m1/s1. The van der Waals surface area contributed by atoms with E-state index in [1.165, 1.54) is 20.0 Å². The van der Waals surface area contributed by atoms with Crippen LogP contribution in [0.1, 0.15) is 50.2 Å². The Labute approximate surface area is 219 Å². The lowest BCUT2D eigenvalue weighted by Gasteiger charge is -2.32. The number of likely N-dealkylation sites (N-methyl/N-ethyl adjacent to an activating group) is 1. The molecule has 2 aliphatic rings. The number of urea groups is 1. The summed E-state index contributed by atoms with van der Waals surface area (Å²) >= 11 is 6.19. The molecule has 2 fully saturated rings. The largest absolute Gasteiger partial charge is 0.453 e. The Morgan fingerprint density at radius 2 is 2.11 bits per heavy atom. The van der Waals surface area contributed by atoms with Crippen molar-refractivity contribution in [3.05, 3.63) is 34.9 Å². The van der Waals surface area contributed by atoms with Crippen LogP contribution in [0, 0.1) is 5.92 Å². The predicted octanol–water partition coefficient (Wildman–Crippen LogP) is 3.72. The second-order valence-corrected chi connectivity index (χ2v) is 10.3. The van der Waals surface area contributed by atoms with E-state index in [0.717, 1.165) is 31.4 Å². The molecule has 202 valence electrons. The molecule has 3 amide bonds. The number of benzene rings is 1. The highest BCUT2D eigenvalue weighted by Crippen LogP contribution is 2.47. The molecule has 1 saturated carbocycles. The van der Waals surface area contributed by atoms with Gasteiger partial charge in [-0.25, -0.2) is 9.59 Å². The van der Waals surface area contributed by atoms with Crippen molar-refractivity contribution in [1.82, 2.24) is 20.9 Å². The third kappa shape index (κ3) is 9.10. The van der Waals surface area contributed by atoms with Crippen LogP contribution in [-0.4, -0.2) is 82.7 Å². The Morgan fingerprint density at radius 1 is 1.31 bits per heavy atom. The average molecular weight is 525 g/mol. The number of nitrogens with zero attached hydrogens (tertiary/aromatic N) is 1. The van der Waals surface area contributed by atoms with Crippen LogP contribution in [0.25, 0.3) is 0 Å². The van der Waals surface area contributed by atoms with E-state index < -0.39 is 6.09 Å². The van der Waals surface area contributed by atoms with Crippen molar-refractivity contribution in [2.45, 2.75) is 56.3 Å². The van der Waals surface area contributed by atoms with Gasteiger partial charge in [-0.3, -0.25) is 0 Å². The van der Waals surface area contributed by atoms with Gasteiger partial charge in [-0.1, -0.05) is 23.7 Å². The number of amides is 3. The highest BCUT2D eigenvalue weighted by Gasteiger charge is 2.46. The van der Waals surface area contributed by atoms with Crippen molar-refractivity contribution >= 4 is 23.7 Å². The Bertz CT molecular complexity index is 843. The van der Waals surface area contributed by atoms with Crippen LogP contribution in [0.15, 0.2) is 24.3 Å². The van der Waals surface area contributed by atoms with Crippen molar-refractivity contribution < 1.29 is 23.8 Å².